The minimum atomic E-state index is -1.65. The molecule has 6 rings (SSSR count). The van der Waals surface area contributed by atoms with Gasteiger partial charge in [-0.3, -0.25) is 0 Å². The molecule has 0 nitrogen and oxygen atoms in total. The van der Waals surface area contributed by atoms with Gasteiger partial charge in [0.05, 0.1) is 0 Å². The van der Waals surface area contributed by atoms with Gasteiger partial charge < -0.3 is 0 Å². The monoisotopic (exact) mass is 712 g/mol. The van der Waals surface area contributed by atoms with Gasteiger partial charge in [-0.15, -0.1) is 68.1 Å². The first-order chi connectivity index (χ1) is 21.2. The van der Waals surface area contributed by atoms with Gasteiger partial charge in [0.1, 0.15) is 0 Å². The van der Waals surface area contributed by atoms with Crippen molar-refractivity contribution in [2.24, 2.45) is 0 Å². The number of rotatable bonds is 6. The van der Waals surface area contributed by atoms with Crippen LogP contribution in [-0.4, -0.2) is 5.43 Å². The summed E-state index contributed by atoms with van der Waals surface area (Å²) in [6.45, 7) is 13.2. The van der Waals surface area contributed by atoms with Gasteiger partial charge in [-0.25, -0.2) is 0 Å². The van der Waals surface area contributed by atoms with Crippen molar-refractivity contribution in [1.29, 1.82) is 0 Å². The van der Waals surface area contributed by atoms with Crippen LogP contribution in [0.15, 0.2) is 109 Å². The summed E-state index contributed by atoms with van der Waals surface area (Å²) in [4.78, 5) is 0. The summed E-state index contributed by atoms with van der Waals surface area (Å²) in [5, 5.41) is 5.68. The summed E-state index contributed by atoms with van der Waals surface area (Å²) in [5.74, 6) is 0. The van der Waals surface area contributed by atoms with E-state index >= 15 is 0 Å². The van der Waals surface area contributed by atoms with Gasteiger partial charge in [0.2, 0.25) is 0 Å². The van der Waals surface area contributed by atoms with E-state index in [1.165, 1.54) is 78.9 Å². The third-order valence-corrected chi connectivity index (χ3v) is 27.8. The molecule has 0 spiro atoms. The van der Waals surface area contributed by atoms with Crippen LogP contribution in [0.25, 0.3) is 43.8 Å². The summed E-state index contributed by atoms with van der Waals surface area (Å²) in [7, 11) is 11.2. The van der Waals surface area contributed by atoms with Crippen molar-refractivity contribution >= 4 is 44.0 Å². The van der Waals surface area contributed by atoms with Gasteiger partial charge in [-0.2, -0.15) is 0 Å². The normalized spacial score (nSPS) is 10.6. The number of halogens is 2. The molecule has 0 N–H and O–H groups in total. The van der Waals surface area contributed by atoms with Crippen LogP contribution in [0, 0.1) is 13.8 Å². The van der Waals surface area contributed by atoms with E-state index in [9.17, 15) is 0 Å². The molecule has 0 fully saturated rings. The Morgan fingerprint density at radius 3 is 1.27 bits per heavy atom. The summed E-state index contributed by atoms with van der Waals surface area (Å²) in [6.07, 6.45) is 4.72. The molecule has 44 heavy (non-hydrogen) atoms. The zero-order valence-electron chi connectivity index (χ0n) is 27.0. The topological polar surface area (TPSA) is 0 Å². The quantitative estimate of drug-likeness (QED) is 0.119. The van der Waals surface area contributed by atoms with E-state index in [0.717, 1.165) is 12.8 Å². The van der Waals surface area contributed by atoms with Crippen LogP contribution in [0.1, 0.15) is 48.9 Å². The molecule has 4 heteroatoms. The molecule has 0 saturated heterocycles. The van der Waals surface area contributed by atoms with E-state index in [4.69, 9.17) is 17.0 Å². The van der Waals surface area contributed by atoms with Crippen molar-refractivity contribution in [2.45, 2.75) is 66.5 Å². The van der Waals surface area contributed by atoms with Crippen LogP contribution < -0.4 is 0 Å². The molecule has 0 aliphatic carbocycles. The fourth-order valence-corrected chi connectivity index (χ4v) is 5.58. The molecule has 0 bridgehead atoms. The number of aryl methyl sites for hydroxylation is 4. The molecule has 0 heterocycles. The Morgan fingerprint density at radius 1 is 0.591 bits per heavy atom. The first-order valence-electron chi connectivity index (χ1n) is 15.7. The van der Waals surface area contributed by atoms with E-state index < -0.39 is 18.0 Å². The van der Waals surface area contributed by atoms with E-state index in [1.54, 1.807) is 0 Å². The molecule has 6 aromatic carbocycles. The Balaban J connectivity index is 0.000000170. The minimum absolute atomic E-state index is 0.224. The second-order valence-corrected chi connectivity index (χ2v) is 34.7. The van der Waals surface area contributed by atoms with Crippen LogP contribution in [-0.2, 0) is 30.8 Å². The van der Waals surface area contributed by atoms with Crippen molar-refractivity contribution in [3.8, 4) is 22.3 Å². The molecule has 0 unspecified atom stereocenters. The molecule has 0 aliphatic rings. The van der Waals surface area contributed by atoms with Gasteiger partial charge in [0.15, 0.2) is 0 Å². The number of hydrogen-bond acceptors (Lipinski definition) is 0. The number of benzene rings is 4. The van der Waals surface area contributed by atoms with Gasteiger partial charge in [-0.05, 0) is 12.8 Å². The molecular weight excluding hydrogens is 671 g/mol. The first-order valence-corrected chi connectivity index (χ1v) is 28.2. The van der Waals surface area contributed by atoms with Gasteiger partial charge in [0, 0.05) is 0 Å². The zero-order valence-corrected chi connectivity index (χ0v) is 31.9. The maximum absolute atomic E-state index is 5.62. The standard InChI is InChI=1S/2C19H19.C2H6Si.2ClH.Zr/c2*1-3-7-16-11-10-14(2)18-12-17(13-19(16)18)15-8-5-4-6-9-15;1-3-2;;;/h2*4-6,8-13H,3,7H2,1-2H3;1-2H3;2*1H;/q2*-1;;;;+2/p-2. The van der Waals surface area contributed by atoms with Crippen molar-refractivity contribution in [1.82, 2.24) is 0 Å². The zero-order chi connectivity index (χ0) is 31.6. The third-order valence-electron chi connectivity index (χ3n) is 8.02. The van der Waals surface area contributed by atoms with Crippen molar-refractivity contribution in [3.63, 3.8) is 0 Å². The van der Waals surface area contributed by atoms with Crippen LogP contribution in [0.5, 0.6) is 0 Å². The maximum atomic E-state index is 5.62. The third kappa shape index (κ3) is 8.95. The molecule has 0 radical (unpaired) electrons. The average Bonchev–Trinajstić information content (AvgIpc) is 3.69. The number of hydrogen-bond donors (Lipinski definition) is 0. The van der Waals surface area contributed by atoms with Gasteiger partial charge in [0.25, 0.3) is 0 Å². The summed E-state index contributed by atoms with van der Waals surface area (Å²) >= 11 is -1.65. The fraction of sp³-hybridized carbons (Fsp3) is 0.250. The molecule has 0 saturated carbocycles. The molecule has 0 atom stereocenters. The van der Waals surface area contributed by atoms with Crippen molar-refractivity contribution in [3.05, 3.63) is 131 Å². The van der Waals surface area contributed by atoms with Crippen LogP contribution in [0.3, 0.4) is 0 Å². The van der Waals surface area contributed by atoms with E-state index in [-0.39, 0.29) is 5.43 Å². The molecule has 228 valence electrons. The Hall–Kier alpha value is -2.22. The van der Waals surface area contributed by atoms with Gasteiger partial charge >= 0.3 is 53.5 Å². The molecule has 0 amide bonds. The van der Waals surface area contributed by atoms with Crippen molar-refractivity contribution in [2.75, 3.05) is 0 Å². The number of fused-ring (bicyclic) bond motifs is 2. The first kappa shape index (κ1) is 34.6. The molecule has 6 aromatic rings. The summed E-state index contributed by atoms with van der Waals surface area (Å²) in [5.41, 5.74) is 10.8. The van der Waals surface area contributed by atoms with E-state index in [2.05, 4.69) is 150 Å². The Kier molecular flexibility index (Phi) is 13.3. The SMILES string of the molecule is CCCc1ccc(C)c2[cH-]c(-c3ccccc3)cc12.CCCc1ccc(C)c2[cH-]c(-c3ccccc3)cc12.C[Si](C)=[Zr]([Cl])[Cl]. The predicted molar refractivity (Wildman–Crippen MR) is 197 cm³/mol. The predicted octanol–water partition coefficient (Wildman–Crippen LogP) is 13.1. The molecular formula is C40H44Cl2SiZr-2. The Morgan fingerprint density at radius 2 is 0.955 bits per heavy atom. The molecule has 0 aliphatic heterocycles. The Labute approximate surface area is 280 Å². The van der Waals surface area contributed by atoms with Crippen LogP contribution in [0.2, 0.25) is 13.1 Å². The summed E-state index contributed by atoms with van der Waals surface area (Å²) < 4.78 is 0. The van der Waals surface area contributed by atoms with E-state index in [1.807, 2.05) is 0 Å². The van der Waals surface area contributed by atoms with Gasteiger partial charge in [-0.1, -0.05) is 148 Å². The van der Waals surface area contributed by atoms with Crippen molar-refractivity contribution < 1.29 is 18.0 Å². The Bertz CT molecular complexity index is 1680. The van der Waals surface area contributed by atoms with Crippen LogP contribution in [0.4, 0.5) is 0 Å². The average molecular weight is 715 g/mol. The summed E-state index contributed by atoms with van der Waals surface area (Å²) in [6, 6.07) is 39.7. The molecule has 0 aromatic heterocycles. The fourth-order valence-electron chi connectivity index (χ4n) is 5.58. The second kappa shape index (κ2) is 16.9. The second-order valence-electron chi connectivity index (χ2n) is 11.7. The van der Waals surface area contributed by atoms with Crippen LogP contribution >= 0.6 is 17.0 Å². The van der Waals surface area contributed by atoms with E-state index in [0.29, 0.717) is 0 Å².